The van der Waals surface area contributed by atoms with Crippen LogP contribution < -0.4 is 9.80 Å². The molecule has 282 valence electrons. The minimum Gasteiger partial charge on any atom is -0.456 e. The van der Waals surface area contributed by atoms with E-state index in [0.29, 0.717) is 0 Å². The fourth-order valence-corrected chi connectivity index (χ4v) is 11.2. The summed E-state index contributed by atoms with van der Waals surface area (Å²) in [4.78, 5) is 9.72. The van der Waals surface area contributed by atoms with Crippen molar-refractivity contribution in [3.8, 4) is 22.3 Å². The van der Waals surface area contributed by atoms with Crippen molar-refractivity contribution in [2.45, 2.75) is 19.6 Å². The SMILES string of the molecule is c1ccc2c(c1)Sc1ccccc1N2c1ccc2oc3ccc(-c4ccccc4-c4ccc5oc6ccc(N7c8ccccc8Sc8ccccc87)cc6c5c4)cc3c2c1. The molecule has 60 heavy (non-hydrogen) atoms. The van der Waals surface area contributed by atoms with Crippen molar-refractivity contribution in [3.05, 3.63) is 194 Å². The average Bonchev–Trinajstić information content (AvgIpc) is 3.86. The number of hydrogen-bond donors (Lipinski definition) is 0. The molecule has 4 nitrogen and oxygen atoms in total. The molecule has 0 saturated carbocycles. The molecule has 0 atom stereocenters. The van der Waals surface area contributed by atoms with Crippen LogP contribution in [0.3, 0.4) is 0 Å². The van der Waals surface area contributed by atoms with Gasteiger partial charge in [-0.15, -0.1) is 0 Å². The number of furan rings is 2. The first kappa shape index (κ1) is 33.8. The summed E-state index contributed by atoms with van der Waals surface area (Å²) in [6.07, 6.45) is 0. The third-order valence-electron chi connectivity index (χ3n) is 11.8. The molecule has 6 heteroatoms. The molecule has 9 aromatic carbocycles. The summed E-state index contributed by atoms with van der Waals surface area (Å²) < 4.78 is 12.9. The topological polar surface area (TPSA) is 32.8 Å². The summed E-state index contributed by atoms with van der Waals surface area (Å²) in [6, 6.07) is 69.6. The highest BCUT2D eigenvalue weighted by Crippen LogP contribution is 2.53. The van der Waals surface area contributed by atoms with E-state index in [4.69, 9.17) is 8.83 Å². The van der Waals surface area contributed by atoms with Crippen molar-refractivity contribution in [1.29, 1.82) is 0 Å². The van der Waals surface area contributed by atoms with Crippen LogP contribution in [0.25, 0.3) is 66.1 Å². The van der Waals surface area contributed by atoms with E-state index in [2.05, 4.69) is 204 Å². The minimum absolute atomic E-state index is 0.873. The molecule has 0 saturated heterocycles. The van der Waals surface area contributed by atoms with Crippen molar-refractivity contribution in [2.24, 2.45) is 0 Å². The molecule has 0 spiro atoms. The van der Waals surface area contributed by atoms with Gasteiger partial charge in [-0.1, -0.05) is 108 Å². The molecule has 11 aromatic rings. The van der Waals surface area contributed by atoms with Crippen LogP contribution in [0.4, 0.5) is 34.1 Å². The fraction of sp³-hybridized carbons (Fsp3) is 0. The lowest BCUT2D eigenvalue weighted by atomic mass is 9.93. The number of anilines is 6. The Balaban J connectivity index is 0.919. The second kappa shape index (κ2) is 13.2. The van der Waals surface area contributed by atoms with Gasteiger partial charge in [0.05, 0.1) is 22.7 Å². The Morgan fingerprint density at radius 1 is 0.300 bits per heavy atom. The Hall–Kier alpha value is -7.12. The van der Waals surface area contributed by atoms with E-state index in [9.17, 15) is 0 Å². The standard InChI is InChI=1S/C54H32N2O2S2/c1-2-12-38(34-22-26-48-40(30-34)42-32-36(24-28-50(42)58-48)56-45-15-5-9-19-53(45)60-54-20-10-6-16-46(54)56)37(11-1)33-21-25-47-39(29-33)41-31-35(23-27-49(41)57-47)55-43-13-3-7-17-51(43)59-52-18-8-4-14-44(52)55/h1-32H. The maximum atomic E-state index is 6.47. The van der Waals surface area contributed by atoms with Crippen LogP contribution in [0, 0.1) is 0 Å². The Kier molecular flexibility index (Phi) is 7.44. The van der Waals surface area contributed by atoms with Gasteiger partial charge in [0.2, 0.25) is 0 Å². The monoisotopic (exact) mass is 804 g/mol. The third kappa shape index (κ3) is 5.21. The maximum Gasteiger partial charge on any atom is 0.135 e. The second-order valence-corrected chi connectivity index (χ2v) is 17.4. The number of rotatable bonds is 4. The molecule has 2 aliphatic rings. The van der Waals surface area contributed by atoms with E-state index < -0.39 is 0 Å². The number of hydrogen-bond acceptors (Lipinski definition) is 6. The molecular formula is C54H32N2O2S2. The zero-order chi connectivity index (χ0) is 39.3. The molecule has 0 N–H and O–H groups in total. The average molecular weight is 805 g/mol. The van der Waals surface area contributed by atoms with Gasteiger partial charge in [0.15, 0.2) is 0 Å². The third-order valence-corrected chi connectivity index (χ3v) is 14.1. The van der Waals surface area contributed by atoms with Crippen LogP contribution in [-0.2, 0) is 0 Å². The highest BCUT2D eigenvalue weighted by molar-refractivity contribution is 8.00. The Morgan fingerprint density at radius 2 is 0.617 bits per heavy atom. The van der Waals surface area contributed by atoms with Crippen LogP contribution in [0.5, 0.6) is 0 Å². The summed E-state index contributed by atoms with van der Waals surface area (Å²) in [5.74, 6) is 0. The van der Waals surface area contributed by atoms with Gasteiger partial charge in [-0.2, -0.15) is 0 Å². The van der Waals surface area contributed by atoms with Crippen molar-refractivity contribution in [2.75, 3.05) is 9.80 Å². The van der Waals surface area contributed by atoms with Crippen molar-refractivity contribution in [1.82, 2.24) is 0 Å². The Morgan fingerprint density at radius 3 is 1.00 bits per heavy atom. The van der Waals surface area contributed by atoms with Gasteiger partial charge >= 0.3 is 0 Å². The smallest absolute Gasteiger partial charge is 0.135 e. The van der Waals surface area contributed by atoms with Crippen LogP contribution in [0.15, 0.2) is 223 Å². The number of para-hydroxylation sites is 4. The highest BCUT2D eigenvalue weighted by Gasteiger charge is 2.27. The molecule has 0 bridgehead atoms. The highest BCUT2D eigenvalue weighted by atomic mass is 32.2. The molecule has 13 rings (SSSR count). The lowest BCUT2D eigenvalue weighted by Crippen LogP contribution is -2.14. The molecule has 4 heterocycles. The zero-order valence-electron chi connectivity index (χ0n) is 32.0. The predicted molar refractivity (Wildman–Crippen MR) is 249 cm³/mol. The van der Waals surface area contributed by atoms with Crippen LogP contribution in [0.2, 0.25) is 0 Å². The number of fused-ring (bicyclic) bond motifs is 10. The molecular weight excluding hydrogens is 773 g/mol. The summed E-state index contributed by atoms with van der Waals surface area (Å²) >= 11 is 3.65. The lowest BCUT2D eigenvalue weighted by molar-refractivity contribution is 0.668. The first-order valence-electron chi connectivity index (χ1n) is 20.1. The van der Waals surface area contributed by atoms with E-state index in [0.717, 1.165) is 77.5 Å². The first-order valence-corrected chi connectivity index (χ1v) is 21.7. The van der Waals surface area contributed by atoms with E-state index in [1.165, 1.54) is 42.3 Å². The summed E-state index contributed by atoms with van der Waals surface area (Å²) in [5.41, 5.74) is 15.0. The van der Waals surface area contributed by atoms with Crippen LogP contribution >= 0.6 is 23.5 Å². The maximum absolute atomic E-state index is 6.47. The van der Waals surface area contributed by atoms with Gasteiger partial charge in [0, 0.05) is 52.5 Å². The largest absolute Gasteiger partial charge is 0.456 e. The molecule has 0 amide bonds. The van der Waals surface area contributed by atoms with Gasteiger partial charge in [-0.05, 0) is 131 Å². The molecule has 2 aromatic heterocycles. The molecule has 0 unspecified atom stereocenters. The van der Waals surface area contributed by atoms with E-state index in [-0.39, 0.29) is 0 Å². The number of benzene rings is 9. The quantitative estimate of drug-likeness (QED) is 0.176. The minimum atomic E-state index is 0.873. The van der Waals surface area contributed by atoms with Gasteiger partial charge in [0.25, 0.3) is 0 Å². The van der Waals surface area contributed by atoms with Crippen molar-refractivity contribution < 1.29 is 8.83 Å². The molecule has 0 fully saturated rings. The summed E-state index contributed by atoms with van der Waals surface area (Å²) in [6.45, 7) is 0. The second-order valence-electron chi connectivity index (χ2n) is 15.3. The van der Waals surface area contributed by atoms with E-state index in [1.54, 1.807) is 0 Å². The summed E-state index contributed by atoms with van der Waals surface area (Å²) in [5, 5.41) is 4.37. The molecule has 0 radical (unpaired) electrons. The number of nitrogens with zero attached hydrogens (tertiary/aromatic N) is 2. The molecule has 2 aliphatic heterocycles. The van der Waals surface area contributed by atoms with Crippen LogP contribution in [-0.4, -0.2) is 0 Å². The van der Waals surface area contributed by atoms with Gasteiger partial charge in [-0.3, -0.25) is 0 Å². The molecule has 0 aliphatic carbocycles. The Labute approximate surface area is 354 Å². The fourth-order valence-electron chi connectivity index (χ4n) is 9.10. The zero-order valence-corrected chi connectivity index (χ0v) is 33.6. The van der Waals surface area contributed by atoms with Gasteiger partial charge in [0.1, 0.15) is 22.3 Å². The normalized spacial score (nSPS) is 13.1. The van der Waals surface area contributed by atoms with Gasteiger partial charge < -0.3 is 18.6 Å². The van der Waals surface area contributed by atoms with Gasteiger partial charge in [-0.25, -0.2) is 0 Å². The van der Waals surface area contributed by atoms with E-state index in [1.807, 2.05) is 23.5 Å². The lowest BCUT2D eigenvalue weighted by Gasteiger charge is -2.32. The Bertz CT molecular complexity index is 3220. The first-order chi connectivity index (χ1) is 29.7. The van der Waals surface area contributed by atoms with Crippen molar-refractivity contribution >= 4 is 102 Å². The predicted octanol–water partition coefficient (Wildman–Crippen LogP) is 16.7. The van der Waals surface area contributed by atoms with Crippen LogP contribution in [0.1, 0.15) is 0 Å². The summed E-state index contributed by atoms with van der Waals surface area (Å²) in [7, 11) is 0. The van der Waals surface area contributed by atoms with Crippen molar-refractivity contribution in [3.63, 3.8) is 0 Å². The van der Waals surface area contributed by atoms with E-state index >= 15 is 0 Å².